The van der Waals surface area contributed by atoms with Crippen LogP contribution in [0.5, 0.6) is 0 Å². The molecule has 0 atom stereocenters. The van der Waals surface area contributed by atoms with Crippen LogP contribution >= 0.6 is 0 Å². The van der Waals surface area contributed by atoms with Gasteiger partial charge in [0, 0.05) is 17.1 Å². The molecule has 1 N–H and O–H groups in total. The molecule has 0 spiro atoms. The summed E-state index contributed by atoms with van der Waals surface area (Å²) in [7, 11) is 0. The number of nitrogens with one attached hydrogen (secondary N) is 1. The lowest BCUT2D eigenvalue weighted by molar-refractivity contribution is 0.0944. The molecule has 7 nitrogen and oxygen atoms in total. The summed E-state index contributed by atoms with van der Waals surface area (Å²) in [6, 6.07) is 12.0. The molecule has 0 saturated heterocycles. The van der Waals surface area contributed by atoms with E-state index < -0.39 is 5.91 Å². The number of amides is 1. The molecule has 0 bridgehead atoms. The van der Waals surface area contributed by atoms with Gasteiger partial charge in [-0.3, -0.25) is 4.79 Å². The fraction of sp³-hybridized carbons (Fsp3) is 0.278. The van der Waals surface area contributed by atoms with Crippen LogP contribution in [0.4, 0.5) is 0 Å². The molecular formula is C18H20N6O. The first kappa shape index (κ1) is 16.8. The fourth-order valence-corrected chi connectivity index (χ4v) is 2.48. The second-order valence-electron chi connectivity index (χ2n) is 5.96. The van der Waals surface area contributed by atoms with Gasteiger partial charge in [0.2, 0.25) is 5.82 Å². The third-order valence-electron chi connectivity index (χ3n) is 3.79. The molecule has 128 valence electrons. The Bertz CT molecular complexity index is 929. The van der Waals surface area contributed by atoms with Crippen molar-refractivity contribution < 1.29 is 4.79 Å². The van der Waals surface area contributed by atoms with Crippen LogP contribution in [0.25, 0.3) is 5.78 Å². The molecule has 2 heterocycles. The van der Waals surface area contributed by atoms with Crippen LogP contribution in [-0.4, -0.2) is 31.2 Å². The van der Waals surface area contributed by atoms with Crippen molar-refractivity contribution in [3.05, 3.63) is 59.2 Å². The van der Waals surface area contributed by atoms with Crippen LogP contribution in [0, 0.1) is 13.8 Å². The summed E-state index contributed by atoms with van der Waals surface area (Å²) in [5.41, 5.74) is 6.29. The molecule has 1 amide bonds. The number of benzene rings is 1. The van der Waals surface area contributed by atoms with E-state index in [1.165, 1.54) is 5.56 Å². The van der Waals surface area contributed by atoms with Gasteiger partial charge in [0.25, 0.3) is 5.78 Å². The molecule has 2 aromatic heterocycles. The van der Waals surface area contributed by atoms with Crippen LogP contribution in [0.2, 0.25) is 0 Å². The Kier molecular flexibility index (Phi) is 4.83. The van der Waals surface area contributed by atoms with Crippen molar-refractivity contribution in [1.82, 2.24) is 25.0 Å². The molecule has 0 unspecified atom stereocenters. The van der Waals surface area contributed by atoms with Crippen LogP contribution < -0.4 is 5.43 Å². The van der Waals surface area contributed by atoms with E-state index in [2.05, 4.69) is 37.7 Å². The van der Waals surface area contributed by atoms with Crippen molar-refractivity contribution >= 4 is 17.4 Å². The van der Waals surface area contributed by atoms with E-state index in [9.17, 15) is 4.79 Å². The number of nitrogens with zero attached hydrogens (tertiary/aromatic N) is 5. The molecule has 3 rings (SSSR count). The number of rotatable bonds is 5. The van der Waals surface area contributed by atoms with Gasteiger partial charge in [-0.05, 0) is 45.2 Å². The first-order valence-electron chi connectivity index (χ1n) is 8.11. The SMILES string of the molecule is CC(CCc1ccccc1)=NNC(=O)c1nc2nc(C)cc(C)n2n1. The summed E-state index contributed by atoms with van der Waals surface area (Å²) in [5.74, 6) is 0.0230. The van der Waals surface area contributed by atoms with Crippen LogP contribution in [0.3, 0.4) is 0 Å². The molecule has 7 heteroatoms. The summed E-state index contributed by atoms with van der Waals surface area (Å²) in [5, 5.41) is 8.32. The number of aromatic nitrogens is 4. The Morgan fingerprint density at radius 3 is 2.72 bits per heavy atom. The molecule has 0 fully saturated rings. The number of carbonyl (C=O) groups excluding carboxylic acids is 1. The van der Waals surface area contributed by atoms with Crippen molar-refractivity contribution in [2.75, 3.05) is 0 Å². The number of hydrazone groups is 1. The van der Waals surface area contributed by atoms with E-state index in [0.717, 1.165) is 29.9 Å². The molecule has 0 aliphatic rings. The quantitative estimate of drug-likeness (QED) is 0.573. The Hall–Kier alpha value is -3.09. The largest absolute Gasteiger partial charge is 0.311 e. The smallest absolute Gasteiger partial charge is 0.264 e. The summed E-state index contributed by atoms with van der Waals surface area (Å²) in [4.78, 5) is 20.6. The minimum atomic E-state index is -0.443. The summed E-state index contributed by atoms with van der Waals surface area (Å²) in [6.45, 7) is 5.65. The van der Waals surface area contributed by atoms with Gasteiger partial charge in [-0.1, -0.05) is 30.3 Å². The highest BCUT2D eigenvalue weighted by Crippen LogP contribution is 2.06. The molecule has 0 radical (unpaired) electrons. The lowest BCUT2D eigenvalue weighted by Gasteiger charge is -2.02. The topological polar surface area (TPSA) is 84.5 Å². The van der Waals surface area contributed by atoms with E-state index in [1.807, 2.05) is 45.0 Å². The monoisotopic (exact) mass is 336 g/mol. The van der Waals surface area contributed by atoms with Gasteiger partial charge < -0.3 is 0 Å². The van der Waals surface area contributed by atoms with Crippen LogP contribution in [-0.2, 0) is 6.42 Å². The Morgan fingerprint density at radius 1 is 1.20 bits per heavy atom. The molecule has 3 aromatic rings. The van der Waals surface area contributed by atoms with Crippen LogP contribution in [0.1, 0.15) is 40.9 Å². The van der Waals surface area contributed by atoms with Gasteiger partial charge in [-0.2, -0.15) is 10.1 Å². The van der Waals surface area contributed by atoms with Crippen molar-refractivity contribution in [2.45, 2.75) is 33.6 Å². The molecule has 1 aromatic carbocycles. The molecule has 0 aliphatic carbocycles. The van der Waals surface area contributed by atoms with Gasteiger partial charge in [-0.15, -0.1) is 5.10 Å². The fourth-order valence-electron chi connectivity index (χ4n) is 2.48. The average molecular weight is 336 g/mol. The van der Waals surface area contributed by atoms with Gasteiger partial charge >= 0.3 is 5.91 Å². The van der Waals surface area contributed by atoms with Gasteiger partial charge in [0.05, 0.1) is 0 Å². The third kappa shape index (κ3) is 4.06. The van der Waals surface area contributed by atoms with Crippen molar-refractivity contribution in [3.63, 3.8) is 0 Å². The minimum Gasteiger partial charge on any atom is -0.264 e. The first-order valence-corrected chi connectivity index (χ1v) is 8.11. The van der Waals surface area contributed by atoms with Crippen LogP contribution in [0.15, 0.2) is 41.5 Å². The van der Waals surface area contributed by atoms with E-state index in [0.29, 0.717) is 5.78 Å². The highest BCUT2D eigenvalue weighted by Gasteiger charge is 2.14. The average Bonchev–Trinajstić information content (AvgIpc) is 3.03. The number of carbonyl (C=O) groups is 1. The number of hydrogen-bond donors (Lipinski definition) is 1. The van der Waals surface area contributed by atoms with Crippen molar-refractivity contribution in [3.8, 4) is 0 Å². The maximum absolute atomic E-state index is 12.2. The maximum Gasteiger partial charge on any atom is 0.311 e. The molecular weight excluding hydrogens is 316 g/mol. The number of aryl methyl sites for hydroxylation is 3. The lowest BCUT2D eigenvalue weighted by atomic mass is 10.1. The third-order valence-corrected chi connectivity index (χ3v) is 3.79. The molecule has 0 aliphatic heterocycles. The van der Waals surface area contributed by atoms with E-state index in [4.69, 9.17) is 0 Å². The molecule has 0 saturated carbocycles. The Morgan fingerprint density at radius 2 is 1.96 bits per heavy atom. The summed E-state index contributed by atoms with van der Waals surface area (Å²) >= 11 is 0. The van der Waals surface area contributed by atoms with Crippen molar-refractivity contribution in [2.24, 2.45) is 5.10 Å². The highest BCUT2D eigenvalue weighted by atomic mass is 16.2. The van der Waals surface area contributed by atoms with Gasteiger partial charge in [0.15, 0.2) is 0 Å². The minimum absolute atomic E-state index is 0.0563. The lowest BCUT2D eigenvalue weighted by Crippen LogP contribution is -2.20. The Balaban J connectivity index is 1.64. The number of hydrogen-bond acceptors (Lipinski definition) is 5. The first-order chi connectivity index (χ1) is 12.0. The highest BCUT2D eigenvalue weighted by molar-refractivity contribution is 5.92. The van der Waals surface area contributed by atoms with Gasteiger partial charge in [0.1, 0.15) is 0 Å². The molecule has 25 heavy (non-hydrogen) atoms. The van der Waals surface area contributed by atoms with E-state index in [1.54, 1.807) is 4.52 Å². The zero-order valence-electron chi connectivity index (χ0n) is 14.5. The number of fused-ring (bicyclic) bond motifs is 1. The van der Waals surface area contributed by atoms with E-state index in [-0.39, 0.29) is 5.82 Å². The predicted octanol–water partition coefficient (Wildman–Crippen LogP) is 2.48. The van der Waals surface area contributed by atoms with Gasteiger partial charge in [-0.25, -0.2) is 14.9 Å². The Labute approximate surface area is 145 Å². The zero-order chi connectivity index (χ0) is 17.8. The maximum atomic E-state index is 12.2. The van der Waals surface area contributed by atoms with Crippen molar-refractivity contribution in [1.29, 1.82) is 0 Å². The summed E-state index contributed by atoms with van der Waals surface area (Å²) < 4.78 is 1.55. The second kappa shape index (κ2) is 7.21. The standard InChI is InChI=1S/C18H20N6O/c1-12(9-10-15-7-5-4-6-8-15)21-22-17(25)16-20-18-19-13(2)11-14(3)24(18)23-16/h4-8,11H,9-10H2,1-3H3,(H,22,25). The predicted molar refractivity (Wildman–Crippen MR) is 95.6 cm³/mol. The second-order valence-corrected chi connectivity index (χ2v) is 5.96. The normalized spacial score (nSPS) is 11.7. The summed E-state index contributed by atoms with van der Waals surface area (Å²) in [6.07, 6.45) is 1.64. The van der Waals surface area contributed by atoms with E-state index >= 15 is 0 Å². The zero-order valence-corrected chi connectivity index (χ0v) is 14.5.